The number of hydrogen-bond donors (Lipinski definition) is 1. The zero-order chi connectivity index (χ0) is 14.4. The summed E-state index contributed by atoms with van der Waals surface area (Å²) in [6.45, 7) is 0.859. The standard InChI is InChI=1S/C14H15FN4O/c15-12-3-1-4-13(7-12)19(6-2-5-16)14(20)11-8-17-10-18-9-11/h1,3-4,7-10H,2,5-6,16H2. The van der Waals surface area contributed by atoms with Gasteiger partial charge < -0.3 is 10.6 Å². The van der Waals surface area contributed by atoms with Crippen LogP contribution < -0.4 is 10.6 Å². The molecule has 1 aromatic carbocycles. The van der Waals surface area contributed by atoms with Crippen molar-refractivity contribution in [2.24, 2.45) is 5.73 Å². The Bertz CT molecular complexity index is 576. The summed E-state index contributed by atoms with van der Waals surface area (Å²) in [4.78, 5) is 21.6. The number of amides is 1. The van der Waals surface area contributed by atoms with E-state index < -0.39 is 5.82 Å². The molecule has 20 heavy (non-hydrogen) atoms. The van der Waals surface area contributed by atoms with Gasteiger partial charge in [-0.1, -0.05) is 6.07 Å². The van der Waals surface area contributed by atoms with E-state index in [2.05, 4.69) is 9.97 Å². The van der Waals surface area contributed by atoms with Crippen molar-refractivity contribution < 1.29 is 9.18 Å². The molecule has 0 aliphatic carbocycles. The van der Waals surface area contributed by atoms with Gasteiger partial charge >= 0.3 is 0 Å². The monoisotopic (exact) mass is 274 g/mol. The Morgan fingerprint density at radius 1 is 1.30 bits per heavy atom. The minimum absolute atomic E-state index is 0.273. The van der Waals surface area contributed by atoms with Crippen molar-refractivity contribution in [1.29, 1.82) is 0 Å². The second kappa shape index (κ2) is 6.72. The van der Waals surface area contributed by atoms with Gasteiger partial charge in [-0.05, 0) is 31.2 Å². The van der Waals surface area contributed by atoms with Gasteiger partial charge in [0, 0.05) is 24.6 Å². The van der Waals surface area contributed by atoms with Gasteiger partial charge in [-0.25, -0.2) is 14.4 Å². The molecule has 1 aromatic heterocycles. The minimum atomic E-state index is -0.391. The Hall–Kier alpha value is -2.34. The maximum Gasteiger partial charge on any atom is 0.261 e. The third kappa shape index (κ3) is 3.36. The number of carbonyl (C=O) groups is 1. The first-order chi connectivity index (χ1) is 9.72. The van der Waals surface area contributed by atoms with Crippen LogP contribution in [0.5, 0.6) is 0 Å². The number of benzene rings is 1. The van der Waals surface area contributed by atoms with Crippen LogP contribution in [0.4, 0.5) is 10.1 Å². The van der Waals surface area contributed by atoms with E-state index in [4.69, 9.17) is 5.73 Å². The van der Waals surface area contributed by atoms with Crippen molar-refractivity contribution in [2.75, 3.05) is 18.0 Å². The third-order valence-electron chi connectivity index (χ3n) is 2.76. The molecule has 0 unspecified atom stereocenters. The number of aromatic nitrogens is 2. The number of anilines is 1. The molecule has 0 aliphatic heterocycles. The van der Waals surface area contributed by atoms with E-state index in [1.54, 1.807) is 12.1 Å². The van der Waals surface area contributed by atoms with E-state index in [-0.39, 0.29) is 5.91 Å². The van der Waals surface area contributed by atoms with E-state index in [9.17, 15) is 9.18 Å². The van der Waals surface area contributed by atoms with Gasteiger partial charge in [0.1, 0.15) is 12.1 Å². The first-order valence-electron chi connectivity index (χ1n) is 6.25. The molecule has 0 aliphatic rings. The van der Waals surface area contributed by atoms with Gasteiger partial charge in [-0.3, -0.25) is 4.79 Å². The van der Waals surface area contributed by atoms with Crippen LogP contribution in [0.3, 0.4) is 0 Å². The van der Waals surface area contributed by atoms with E-state index in [1.807, 2.05) is 0 Å². The lowest BCUT2D eigenvalue weighted by molar-refractivity contribution is 0.0986. The predicted octanol–water partition coefficient (Wildman–Crippen LogP) is 1.61. The zero-order valence-electron chi connectivity index (χ0n) is 10.9. The van der Waals surface area contributed by atoms with Crippen LogP contribution in [-0.4, -0.2) is 29.0 Å². The number of halogens is 1. The smallest absolute Gasteiger partial charge is 0.261 e. The molecular weight excluding hydrogens is 259 g/mol. The molecule has 2 N–H and O–H groups in total. The second-order valence-corrected chi connectivity index (χ2v) is 4.21. The number of rotatable bonds is 5. The number of nitrogens with zero attached hydrogens (tertiary/aromatic N) is 3. The molecule has 1 amide bonds. The summed E-state index contributed by atoms with van der Waals surface area (Å²) in [6, 6.07) is 5.90. The molecule has 0 saturated heterocycles. The maximum atomic E-state index is 13.3. The van der Waals surface area contributed by atoms with Crippen molar-refractivity contribution in [2.45, 2.75) is 6.42 Å². The Kier molecular flexibility index (Phi) is 4.73. The van der Waals surface area contributed by atoms with Crippen molar-refractivity contribution in [3.8, 4) is 0 Å². The predicted molar refractivity (Wildman–Crippen MR) is 73.8 cm³/mol. The summed E-state index contributed by atoms with van der Waals surface area (Å²) in [5.41, 5.74) is 6.34. The Balaban J connectivity index is 2.30. The Morgan fingerprint density at radius 3 is 2.70 bits per heavy atom. The fourth-order valence-electron chi connectivity index (χ4n) is 1.81. The van der Waals surface area contributed by atoms with Gasteiger partial charge in [0.15, 0.2) is 0 Å². The average Bonchev–Trinajstić information content (AvgIpc) is 2.48. The number of hydrogen-bond acceptors (Lipinski definition) is 4. The lowest BCUT2D eigenvalue weighted by Crippen LogP contribution is -2.33. The Morgan fingerprint density at radius 2 is 2.05 bits per heavy atom. The van der Waals surface area contributed by atoms with Crippen LogP contribution in [0.1, 0.15) is 16.8 Å². The van der Waals surface area contributed by atoms with Gasteiger partial charge in [-0.2, -0.15) is 0 Å². The molecule has 0 fully saturated rings. The van der Waals surface area contributed by atoms with Crippen molar-refractivity contribution in [1.82, 2.24) is 9.97 Å². The van der Waals surface area contributed by atoms with Crippen LogP contribution in [0.2, 0.25) is 0 Å². The topological polar surface area (TPSA) is 72.1 Å². The number of carbonyl (C=O) groups excluding carboxylic acids is 1. The Labute approximate surface area is 116 Å². The highest BCUT2D eigenvalue weighted by Gasteiger charge is 2.18. The summed E-state index contributed by atoms with van der Waals surface area (Å²) in [7, 11) is 0. The van der Waals surface area contributed by atoms with Crippen LogP contribution in [-0.2, 0) is 0 Å². The lowest BCUT2D eigenvalue weighted by atomic mass is 10.2. The second-order valence-electron chi connectivity index (χ2n) is 4.21. The molecule has 0 saturated carbocycles. The van der Waals surface area contributed by atoms with E-state index in [1.165, 1.54) is 35.8 Å². The molecule has 0 spiro atoms. The first kappa shape index (κ1) is 14.1. The normalized spacial score (nSPS) is 10.3. The highest BCUT2D eigenvalue weighted by Crippen LogP contribution is 2.18. The van der Waals surface area contributed by atoms with Crippen molar-refractivity contribution >= 4 is 11.6 Å². The summed E-state index contributed by atoms with van der Waals surface area (Å²) < 4.78 is 13.3. The van der Waals surface area contributed by atoms with Crippen molar-refractivity contribution in [3.05, 3.63) is 54.4 Å². The first-order valence-corrected chi connectivity index (χ1v) is 6.25. The molecule has 0 bridgehead atoms. The summed E-state index contributed by atoms with van der Waals surface area (Å²) in [6.07, 6.45) is 4.84. The van der Waals surface area contributed by atoms with Gasteiger partial charge in [0.05, 0.1) is 5.56 Å². The third-order valence-corrected chi connectivity index (χ3v) is 2.76. The summed E-state index contributed by atoms with van der Waals surface area (Å²) >= 11 is 0. The van der Waals surface area contributed by atoms with Gasteiger partial charge in [0.2, 0.25) is 0 Å². The van der Waals surface area contributed by atoms with E-state index in [0.717, 1.165) is 0 Å². The molecule has 104 valence electrons. The molecule has 2 rings (SSSR count). The molecule has 0 atom stereocenters. The highest BCUT2D eigenvalue weighted by molar-refractivity contribution is 6.05. The fourth-order valence-corrected chi connectivity index (χ4v) is 1.81. The van der Waals surface area contributed by atoms with Crippen LogP contribution in [0.15, 0.2) is 43.0 Å². The van der Waals surface area contributed by atoms with E-state index >= 15 is 0 Å². The number of nitrogens with two attached hydrogens (primary N) is 1. The highest BCUT2D eigenvalue weighted by atomic mass is 19.1. The lowest BCUT2D eigenvalue weighted by Gasteiger charge is -2.22. The van der Waals surface area contributed by atoms with Crippen LogP contribution in [0, 0.1) is 5.82 Å². The maximum absolute atomic E-state index is 13.3. The van der Waals surface area contributed by atoms with Gasteiger partial charge in [-0.15, -0.1) is 0 Å². The van der Waals surface area contributed by atoms with E-state index in [0.29, 0.717) is 30.8 Å². The largest absolute Gasteiger partial charge is 0.330 e. The molecule has 6 heteroatoms. The molecular formula is C14H15FN4O. The zero-order valence-corrected chi connectivity index (χ0v) is 10.9. The molecule has 0 radical (unpaired) electrons. The quantitative estimate of drug-likeness (QED) is 0.899. The van der Waals surface area contributed by atoms with Crippen LogP contribution in [0.25, 0.3) is 0 Å². The average molecular weight is 274 g/mol. The SMILES string of the molecule is NCCCN(C(=O)c1cncnc1)c1cccc(F)c1. The summed E-state index contributed by atoms with van der Waals surface area (Å²) in [5, 5.41) is 0. The molecule has 5 nitrogen and oxygen atoms in total. The summed E-state index contributed by atoms with van der Waals surface area (Å²) in [5.74, 6) is -0.665. The van der Waals surface area contributed by atoms with Gasteiger partial charge in [0.25, 0.3) is 5.91 Å². The van der Waals surface area contributed by atoms with Crippen molar-refractivity contribution in [3.63, 3.8) is 0 Å². The van der Waals surface area contributed by atoms with Crippen LogP contribution >= 0.6 is 0 Å². The molecule has 2 aromatic rings. The molecule has 1 heterocycles. The fraction of sp³-hybridized carbons (Fsp3) is 0.214. The minimum Gasteiger partial charge on any atom is -0.330 e.